The molecule has 0 aliphatic rings. The van der Waals surface area contributed by atoms with Gasteiger partial charge in [0.1, 0.15) is 0 Å². The van der Waals surface area contributed by atoms with Crippen molar-refractivity contribution >= 4 is 29.3 Å². The zero-order valence-electron chi connectivity index (χ0n) is 15.4. The van der Waals surface area contributed by atoms with E-state index in [9.17, 15) is 9.59 Å². The van der Waals surface area contributed by atoms with Crippen molar-refractivity contribution in [2.75, 3.05) is 17.6 Å². The molecule has 2 aromatic carbocycles. The minimum atomic E-state index is -0.151. The third kappa shape index (κ3) is 6.23. The molecule has 0 atom stereocenters. The van der Waals surface area contributed by atoms with Crippen LogP contribution >= 0.6 is 11.8 Å². The van der Waals surface area contributed by atoms with Crippen molar-refractivity contribution in [3.8, 4) is 0 Å². The summed E-state index contributed by atoms with van der Waals surface area (Å²) < 4.78 is 0. The van der Waals surface area contributed by atoms with E-state index < -0.39 is 0 Å². The Balaban J connectivity index is 1.88. The second-order valence-corrected chi connectivity index (χ2v) is 7.11. The van der Waals surface area contributed by atoms with Gasteiger partial charge in [-0.1, -0.05) is 49.7 Å². The average Bonchev–Trinajstić information content (AvgIpc) is 2.64. The molecule has 0 aromatic heterocycles. The number of aryl methyl sites for hydroxylation is 1. The van der Waals surface area contributed by atoms with E-state index in [1.54, 1.807) is 30.0 Å². The molecule has 0 radical (unpaired) electrons. The highest BCUT2D eigenvalue weighted by molar-refractivity contribution is 7.99. The Kier molecular flexibility index (Phi) is 8.22. The van der Waals surface area contributed by atoms with Gasteiger partial charge in [-0.3, -0.25) is 9.59 Å². The number of hydrogen-bond donors (Lipinski definition) is 2. The van der Waals surface area contributed by atoms with Gasteiger partial charge in [0.2, 0.25) is 5.91 Å². The first-order valence-electron chi connectivity index (χ1n) is 8.91. The maximum Gasteiger partial charge on any atom is 0.253 e. The number of hydrogen-bond acceptors (Lipinski definition) is 3. The van der Waals surface area contributed by atoms with E-state index in [-0.39, 0.29) is 11.8 Å². The summed E-state index contributed by atoms with van der Waals surface area (Å²) in [6.07, 6.45) is 1.96. The summed E-state index contributed by atoms with van der Waals surface area (Å²) >= 11 is 1.57. The maximum absolute atomic E-state index is 12.3. The van der Waals surface area contributed by atoms with Gasteiger partial charge in [0.25, 0.3) is 5.91 Å². The Morgan fingerprint density at radius 3 is 2.54 bits per heavy atom. The Morgan fingerprint density at radius 1 is 1.04 bits per heavy atom. The molecule has 0 saturated heterocycles. The molecule has 0 saturated carbocycles. The average molecular weight is 371 g/mol. The monoisotopic (exact) mass is 370 g/mol. The van der Waals surface area contributed by atoms with Gasteiger partial charge in [0, 0.05) is 12.3 Å². The highest BCUT2D eigenvalue weighted by atomic mass is 32.2. The molecule has 0 unspecified atom stereocenters. The van der Waals surface area contributed by atoms with Crippen molar-refractivity contribution in [3.05, 3.63) is 65.2 Å². The van der Waals surface area contributed by atoms with Gasteiger partial charge in [-0.05, 0) is 36.6 Å². The Hall–Kier alpha value is -2.27. The zero-order valence-corrected chi connectivity index (χ0v) is 16.2. The number of anilines is 1. The summed E-state index contributed by atoms with van der Waals surface area (Å²) in [5.41, 5.74) is 3.53. The second-order valence-electron chi connectivity index (χ2n) is 6.12. The van der Waals surface area contributed by atoms with E-state index in [1.807, 2.05) is 18.2 Å². The number of carbonyl (C=O) groups is 2. The van der Waals surface area contributed by atoms with Gasteiger partial charge in [0.05, 0.1) is 17.0 Å². The molecule has 0 heterocycles. The van der Waals surface area contributed by atoms with Crippen LogP contribution in [0.5, 0.6) is 0 Å². The summed E-state index contributed by atoms with van der Waals surface area (Å²) in [4.78, 5) is 24.5. The SMILES string of the molecule is CCCCNC(=O)c1ccccc1NC(=O)CSCc1ccccc1C. The van der Waals surface area contributed by atoms with Crippen molar-refractivity contribution in [1.82, 2.24) is 5.32 Å². The first-order chi connectivity index (χ1) is 12.6. The first-order valence-corrected chi connectivity index (χ1v) is 10.1. The van der Waals surface area contributed by atoms with E-state index >= 15 is 0 Å². The van der Waals surface area contributed by atoms with Gasteiger partial charge in [-0.15, -0.1) is 11.8 Å². The fourth-order valence-corrected chi connectivity index (χ4v) is 3.38. The summed E-state index contributed by atoms with van der Waals surface area (Å²) in [6, 6.07) is 15.3. The van der Waals surface area contributed by atoms with Gasteiger partial charge < -0.3 is 10.6 Å². The summed E-state index contributed by atoms with van der Waals surface area (Å²) in [5.74, 6) is 0.888. The van der Waals surface area contributed by atoms with Crippen LogP contribution in [0.4, 0.5) is 5.69 Å². The molecule has 2 N–H and O–H groups in total. The molecule has 26 heavy (non-hydrogen) atoms. The fraction of sp³-hybridized carbons (Fsp3) is 0.333. The maximum atomic E-state index is 12.3. The highest BCUT2D eigenvalue weighted by Crippen LogP contribution is 2.18. The standard InChI is InChI=1S/C21H26N2O2S/c1-3-4-13-22-21(25)18-11-7-8-12-19(18)23-20(24)15-26-14-17-10-6-5-9-16(17)2/h5-12H,3-4,13-15H2,1-2H3,(H,22,25)(H,23,24). The molecule has 2 amide bonds. The van der Waals surface area contributed by atoms with Crippen LogP contribution in [0.3, 0.4) is 0 Å². The van der Waals surface area contributed by atoms with Crippen molar-refractivity contribution in [2.45, 2.75) is 32.4 Å². The number of rotatable bonds is 9. The summed E-state index contributed by atoms with van der Waals surface area (Å²) in [7, 11) is 0. The molecule has 0 bridgehead atoms. The molecule has 2 rings (SSSR count). The minimum absolute atomic E-state index is 0.0996. The number of amides is 2. The Labute approximate surface area is 159 Å². The summed E-state index contributed by atoms with van der Waals surface area (Å²) in [5, 5.41) is 5.75. The molecule has 0 spiro atoms. The fourth-order valence-electron chi connectivity index (χ4n) is 2.48. The molecular formula is C21H26N2O2S. The van der Waals surface area contributed by atoms with Crippen molar-refractivity contribution in [2.24, 2.45) is 0 Å². The van der Waals surface area contributed by atoms with Gasteiger partial charge >= 0.3 is 0 Å². The predicted octanol–water partition coefficient (Wildman–Crippen LogP) is 4.40. The van der Waals surface area contributed by atoms with Crippen LogP contribution in [0.15, 0.2) is 48.5 Å². The van der Waals surface area contributed by atoms with Gasteiger partial charge in [-0.2, -0.15) is 0 Å². The minimum Gasteiger partial charge on any atom is -0.352 e. The lowest BCUT2D eigenvalue weighted by molar-refractivity contribution is -0.113. The molecular weight excluding hydrogens is 344 g/mol. The lowest BCUT2D eigenvalue weighted by Crippen LogP contribution is -2.26. The quantitative estimate of drug-likeness (QED) is 0.643. The van der Waals surface area contributed by atoms with Crippen LogP contribution < -0.4 is 10.6 Å². The van der Waals surface area contributed by atoms with Gasteiger partial charge in [0.15, 0.2) is 0 Å². The van der Waals surface area contributed by atoms with Crippen molar-refractivity contribution in [3.63, 3.8) is 0 Å². The molecule has 2 aromatic rings. The number of unbranched alkanes of at least 4 members (excludes halogenated alkanes) is 1. The zero-order chi connectivity index (χ0) is 18.8. The highest BCUT2D eigenvalue weighted by Gasteiger charge is 2.12. The third-order valence-corrected chi connectivity index (χ3v) is 5.00. The molecule has 0 aliphatic carbocycles. The van der Waals surface area contributed by atoms with Crippen LogP contribution in [-0.2, 0) is 10.5 Å². The molecule has 0 aliphatic heterocycles. The van der Waals surface area contributed by atoms with E-state index in [0.717, 1.165) is 18.6 Å². The first kappa shape index (κ1) is 20.0. The number of nitrogens with one attached hydrogen (secondary N) is 2. The van der Waals surface area contributed by atoms with Crippen LogP contribution in [0.1, 0.15) is 41.3 Å². The van der Waals surface area contributed by atoms with E-state index in [4.69, 9.17) is 0 Å². The third-order valence-electron chi connectivity index (χ3n) is 4.01. The number of benzene rings is 2. The van der Waals surface area contributed by atoms with E-state index in [2.05, 4.69) is 36.6 Å². The molecule has 4 nitrogen and oxygen atoms in total. The van der Waals surface area contributed by atoms with Crippen molar-refractivity contribution in [1.29, 1.82) is 0 Å². The predicted molar refractivity (Wildman–Crippen MR) is 110 cm³/mol. The van der Waals surface area contributed by atoms with Crippen LogP contribution in [0, 0.1) is 6.92 Å². The summed E-state index contributed by atoms with van der Waals surface area (Å²) in [6.45, 7) is 4.79. The Bertz CT molecular complexity index is 746. The molecule has 5 heteroatoms. The molecule has 138 valence electrons. The van der Waals surface area contributed by atoms with Crippen LogP contribution in [0.25, 0.3) is 0 Å². The van der Waals surface area contributed by atoms with E-state index in [0.29, 0.717) is 23.5 Å². The largest absolute Gasteiger partial charge is 0.352 e. The normalized spacial score (nSPS) is 10.4. The number of carbonyl (C=O) groups excluding carboxylic acids is 2. The number of thioether (sulfide) groups is 1. The lowest BCUT2D eigenvalue weighted by atomic mass is 10.1. The van der Waals surface area contributed by atoms with Gasteiger partial charge in [-0.25, -0.2) is 0 Å². The topological polar surface area (TPSA) is 58.2 Å². The van der Waals surface area contributed by atoms with E-state index in [1.165, 1.54) is 11.1 Å². The second kappa shape index (κ2) is 10.7. The van der Waals surface area contributed by atoms with Crippen molar-refractivity contribution < 1.29 is 9.59 Å². The molecule has 0 fully saturated rings. The number of para-hydroxylation sites is 1. The smallest absolute Gasteiger partial charge is 0.253 e. The Morgan fingerprint density at radius 2 is 1.77 bits per heavy atom. The van der Waals surface area contributed by atoms with Crippen LogP contribution in [-0.4, -0.2) is 24.1 Å². The van der Waals surface area contributed by atoms with Crippen LogP contribution in [0.2, 0.25) is 0 Å². The lowest BCUT2D eigenvalue weighted by Gasteiger charge is -2.11.